The lowest BCUT2D eigenvalue weighted by Crippen LogP contribution is -2.32. The molecule has 24 heavy (non-hydrogen) atoms. The number of amides is 1. The molecule has 3 aromatic rings. The van der Waals surface area contributed by atoms with Crippen molar-refractivity contribution in [1.29, 1.82) is 0 Å². The third-order valence-corrected chi connectivity index (χ3v) is 5.60. The van der Waals surface area contributed by atoms with Gasteiger partial charge in [0, 0.05) is 4.88 Å². The number of aromatic amines is 1. The molecule has 5 heteroatoms. The number of carbonyl (C=O) groups excluding carboxylic acids is 1. The van der Waals surface area contributed by atoms with Gasteiger partial charge < -0.3 is 10.3 Å². The molecule has 1 amide bonds. The van der Waals surface area contributed by atoms with Gasteiger partial charge in [0.25, 0.3) is 5.91 Å². The number of benzene rings is 1. The van der Waals surface area contributed by atoms with Crippen molar-refractivity contribution in [1.82, 2.24) is 15.3 Å². The van der Waals surface area contributed by atoms with Gasteiger partial charge in [-0.25, -0.2) is 4.98 Å². The van der Waals surface area contributed by atoms with E-state index in [0.717, 1.165) is 28.2 Å². The van der Waals surface area contributed by atoms with E-state index in [1.807, 2.05) is 30.3 Å². The molecule has 0 saturated carbocycles. The summed E-state index contributed by atoms with van der Waals surface area (Å²) in [7, 11) is 0. The van der Waals surface area contributed by atoms with Crippen LogP contribution >= 0.6 is 11.3 Å². The summed E-state index contributed by atoms with van der Waals surface area (Å²) in [5, 5.41) is 3.15. The molecule has 126 valence electrons. The minimum absolute atomic E-state index is 0.0260. The maximum atomic E-state index is 12.7. The number of hydrogen-bond acceptors (Lipinski definition) is 3. The van der Waals surface area contributed by atoms with Crippen LogP contribution < -0.4 is 5.32 Å². The number of nitrogens with one attached hydrogen (secondary N) is 2. The summed E-state index contributed by atoms with van der Waals surface area (Å²) in [5.41, 5.74) is 3.11. The van der Waals surface area contributed by atoms with Crippen LogP contribution in [0.5, 0.6) is 0 Å². The van der Waals surface area contributed by atoms with Crippen molar-refractivity contribution in [2.75, 3.05) is 0 Å². The predicted octanol–water partition coefficient (Wildman–Crippen LogP) is 4.62. The summed E-state index contributed by atoms with van der Waals surface area (Å²) in [6, 6.07) is 9.77. The molecule has 0 radical (unpaired) electrons. The van der Waals surface area contributed by atoms with Crippen LogP contribution in [0.4, 0.5) is 0 Å². The SMILES string of the molecule is CCc1sc(C(=O)NC(c2nc3ccccc3[nH]2)C(C)C)cc1C. The summed E-state index contributed by atoms with van der Waals surface area (Å²) in [6.07, 6.45) is 0.959. The van der Waals surface area contributed by atoms with Gasteiger partial charge in [-0.15, -0.1) is 11.3 Å². The molecule has 0 aliphatic carbocycles. The van der Waals surface area contributed by atoms with E-state index >= 15 is 0 Å². The highest BCUT2D eigenvalue weighted by atomic mass is 32.1. The second kappa shape index (κ2) is 6.77. The van der Waals surface area contributed by atoms with E-state index in [2.05, 4.69) is 43.0 Å². The minimum atomic E-state index is -0.141. The van der Waals surface area contributed by atoms with Crippen molar-refractivity contribution in [2.45, 2.75) is 40.2 Å². The second-order valence-corrected chi connectivity index (χ2v) is 7.54. The average Bonchev–Trinajstić information content (AvgIpc) is 3.14. The quantitative estimate of drug-likeness (QED) is 0.711. The lowest BCUT2D eigenvalue weighted by molar-refractivity contribution is 0.0927. The molecular formula is C19H23N3OS. The first-order valence-corrected chi connectivity index (χ1v) is 9.16. The molecule has 3 rings (SSSR count). The number of hydrogen-bond donors (Lipinski definition) is 2. The fraction of sp³-hybridized carbons (Fsp3) is 0.368. The number of H-pyrrole nitrogens is 1. The van der Waals surface area contributed by atoms with Crippen LogP contribution in [0.25, 0.3) is 11.0 Å². The second-order valence-electron chi connectivity index (χ2n) is 6.40. The van der Waals surface area contributed by atoms with Crippen molar-refractivity contribution in [2.24, 2.45) is 5.92 Å². The number of nitrogens with zero attached hydrogens (tertiary/aromatic N) is 1. The Morgan fingerprint density at radius 2 is 2.08 bits per heavy atom. The summed E-state index contributed by atoms with van der Waals surface area (Å²) >= 11 is 1.58. The molecule has 0 saturated heterocycles. The fourth-order valence-electron chi connectivity index (χ4n) is 2.87. The van der Waals surface area contributed by atoms with Crippen LogP contribution in [-0.2, 0) is 6.42 Å². The smallest absolute Gasteiger partial charge is 0.261 e. The molecule has 2 aromatic heterocycles. The van der Waals surface area contributed by atoms with Crippen molar-refractivity contribution >= 4 is 28.3 Å². The zero-order valence-electron chi connectivity index (χ0n) is 14.5. The lowest BCUT2D eigenvalue weighted by atomic mass is 10.0. The summed E-state index contributed by atoms with van der Waals surface area (Å²) in [6.45, 7) is 8.36. The molecule has 0 aliphatic heterocycles. The molecular weight excluding hydrogens is 318 g/mol. The van der Waals surface area contributed by atoms with Crippen molar-refractivity contribution in [3.05, 3.63) is 51.5 Å². The molecule has 2 N–H and O–H groups in total. The maximum Gasteiger partial charge on any atom is 0.261 e. The Hall–Kier alpha value is -2.14. The maximum absolute atomic E-state index is 12.7. The van der Waals surface area contributed by atoms with Crippen molar-refractivity contribution in [3.8, 4) is 0 Å². The van der Waals surface area contributed by atoms with E-state index < -0.39 is 0 Å². The van der Waals surface area contributed by atoms with Crippen LogP contribution in [0, 0.1) is 12.8 Å². The van der Waals surface area contributed by atoms with Gasteiger partial charge in [0.1, 0.15) is 5.82 Å². The number of aryl methyl sites for hydroxylation is 2. The Bertz CT molecular complexity index is 830. The Morgan fingerprint density at radius 3 is 2.71 bits per heavy atom. The van der Waals surface area contributed by atoms with Gasteiger partial charge in [0.05, 0.1) is 22.0 Å². The zero-order chi connectivity index (χ0) is 17.3. The van der Waals surface area contributed by atoms with E-state index in [9.17, 15) is 4.79 Å². The summed E-state index contributed by atoms with van der Waals surface area (Å²) in [5.74, 6) is 1.02. The molecule has 4 nitrogen and oxygen atoms in total. The van der Waals surface area contributed by atoms with Gasteiger partial charge in [-0.2, -0.15) is 0 Å². The first-order valence-electron chi connectivity index (χ1n) is 8.34. The molecule has 1 unspecified atom stereocenters. The average molecular weight is 341 g/mol. The number of aromatic nitrogens is 2. The Morgan fingerprint density at radius 1 is 1.33 bits per heavy atom. The first kappa shape index (κ1) is 16.7. The Kier molecular flexibility index (Phi) is 4.71. The third kappa shape index (κ3) is 3.22. The van der Waals surface area contributed by atoms with Gasteiger partial charge in [-0.3, -0.25) is 4.79 Å². The van der Waals surface area contributed by atoms with E-state index in [4.69, 9.17) is 0 Å². The molecule has 1 atom stereocenters. The van der Waals surface area contributed by atoms with E-state index in [0.29, 0.717) is 0 Å². The summed E-state index contributed by atoms with van der Waals surface area (Å²) < 4.78 is 0. The van der Waals surface area contributed by atoms with Gasteiger partial charge in [0.15, 0.2) is 0 Å². The molecule has 0 fully saturated rings. The van der Waals surface area contributed by atoms with Crippen LogP contribution in [-0.4, -0.2) is 15.9 Å². The summed E-state index contributed by atoms with van der Waals surface area (Å²) in [4.78, 5) is 22.7. The third-order valence-electron chi connectivity index (χ3n) is 4.22. The van der Waals surface area contributed by atoms with Gasteiger partial charge in [-0.1, -0.05) is 32.9 Å². The zero-order valence-corrected chi connectivity index (χ0v) is 15.3. The Labute approximate surface area is 146 Å². The number of fused-ring (bicyclic) bond motifs is 1. The number of para-hydroxylation sites is 2. The lowest BCUT2D eigenvalue weighted by Gasteiger charge is -2.19. The molecule has 1 aromatic carbocycles. The van der Waals surface area contributed by atoms with Crippen molar-refractivity contribution < 1.29 is 4.79 Å². The van der Waals surface area contributed by atoms with Crippen LogP contribution in [0.15, 0.2) is 30.3 Å². The van der Waals surface area contributed by atoms with Gasteiger partial charge in [0.2, 0.25) is 0 Å². The normalized spacial score (nSPS) is 12.7. The number of carbonyl (C=O) groups is 1. The standard InChI is InChI=1S/C19H23N3OS/c1-5-15-12(4)10-16(24-15)19(23)22-17(11(2)3)18-20-13-8-6-7-9-14(13)21-18/h6-11,17H,5H2,1-4H3,(H,20,21)(H,22,23). The molecule has 0 bridgehead atoms. The molecule has 0 spiro atoms. The number of thiophene rings is 1. The highest BCUT2D eigenvalue weighted by Gasteiger charge is 2.23. The fourth-order valence-corrected chi connectivity index (χ4v) is 3.88. The van der Waals surface area contributed by atoms with Crippen molar-refractivity contribution in [3.63, 3.8) is 0 Å². The van der Waals surface area contributed by atoms with Gasteiger partial charge >= 0.3 is 0 Å². The highest BCUT2D eigenvalue weighted by molar-refractivity contribution is 7.14. The monoisotopic (exact) mass is 341 g/mol. The number of imidazole rings is 1. The molecule has 2 heterocycles. The predicted molar refractivity (Wildman–Crippen MR) is 99.6 cm³/mol. The minimum Gasteiger partial charge on any atom is -0.341 e. The van der Waals surface area contributed by atoms with Crippen LogP contribution in [0.1, 0.15) is 52.7 Å². The topological polar surface area (TPSA) is 57.8 Å². The van der Waals surface area contributed by atoms with E-state index in [1.165, 1.54) is 10.4 Å². The van der Waals surface area contributed by atoms with Crippen LogP contribution in [0.3, 0.4) is 0 Å². The highest BCUT2D eigenvalue weighted by Crippen LogP contribution is 2.26. The van der Waals surface area contributed by atoms with E-state index in [-0.39, 0.29) is 17.9 Å². The van der Waals surface area contributed by atoms with Gasteiger partial charge in [-0.05, 0) is 43.0 Å². The molecule has 0 aliphatic rings. The first-order chi connectivity index (χ1) is 11.5. The van der Waals surface area contributed by atoms with Crippen LogP contribution in [0.2, 0.25) is 0 Å². The number of rotatable bonds is 5. The van der Waals surface area contributed by atoms with E-state index in [1.54, 1.807) is 11.3 Å². The largest absolute Gasteiger partial charge is 0.341 e. The Balaban J connectivity index is 1.86.